The molecule has 0 saturated carbocycles. The monoisotopic (exact) mass is 331 g/mol. The van der Waals surface area contributed by atoms with E-state index in [9.17, 15) is 9.50 Å². The van der Waals surface area contributed by atoms with Gasteiger partial charge in [-0.2, -0.15) is 0 Å². The summed E-state index contributed by atoms with van der Waals surface area (Å²) >= 11 is 0. The van der Waals surface area contributed by atoms with Gasteiger partial charge in [0.15, 0.2) is 0 Å². The van der Waals surface area contributed by atoms with Crippen LogP contribution < -0.4 is 0 Å². The van der Waals surface area contributed by atoms with Crippen LogP contribution in [0.1, 0.15) is 0 Å². The van der Waals surface area contributed by atoms with Crippen LogP contribution in [0.2, 0.25) is 0 Å². The van der Waals surface area contributed by atoms with Gasteiger partial charge in [0.2, 0.25) is 0 Å². The highest BCUT2D eigenvalue weighted by atomic mass is 19.1. The van der Waals surface area contributed by atoms with E-state index >= 15 is 0 Å². The number of phenols is 1. The molecule has 0 aliphatic carbocycles. The predicted molar refractivity (Wildman–Crippen MR) is 93.9 cm³/mol. The lowest BCUT2D eigenvalue weighted by Crippen LogP contribution is -1.96. The highest BCUT2D eigenvalue weighted by Gasteiger charge is 2.13. The maximum Gasteiger partial charge on any atom is 0.145 e. The SMILES string of the molecule is Oc1ccc(-c2cn(-c3ccncc3)c(-c3ccc(F)cc3)n2)cc1. The fourth-order valence-corrected chi connectivity index (χ4v) is 2.66. The third-order valence-electron chi connectivity index (χ3n) is 3.91. The first-order chi connectivity index (χ1) is 12.2. The van der Waals surface area contributed by atoms with Crippen molar-refractivity contribution in [2.24, 2.45) is 0 Å². The zero-order valence-electron chi connectivity index (χ0n) is 13.2. The lowest BCUT2D eigenvalue weighted by Gasteiger charge is -2.07. The van der Waals surface area contributed by atoms with Crippen molar-refractivity contribution in [2.75, 3.05) is 0 Å². The van der Waals surface area contributed by atoms with Crippen molar-refractivity contribution in [3.8, 4) is 34.1 Å². The van der Waals surface area contributed by atoms with E-state index in [0.717, 1.165) is 22.5 Å². The van der Waals surface area contributed by atoms with E-state index in [2.05, 4.69) is 4.98 Å². The summed E-state index contributed by atoms with van der Waals surface area (Å²) < 4.78 is 15.2. The number of halogens is 1. The molecule has 2 aromatic carbocycles. The highest BCUT2D eigenvalue weighted by Crippen LogP contribution is 2.28. The molecular formula is C20H14FN3O. The van der Waals surface area contributed by atoms with Gasteiger partial charge < -0.3 is 5.11 Å². The van der Waals surface area contributed by atoms with Crippen LogP contribution in [-0.2, 0) is 0 Å². The van der Waals surface area contributed by atoms with Crippen LogP contribution in [0.4, 0.5) is 4.39 Å². The Morgan fingerprint density at radius 2 is 1.44 bits per heavy atom. The molecule has 4 aromatic rings. The van der Waals surface area contributed by atoms with Crippen LogP contribution in [0, 0.1) is 5.82 Å². The predicted octanol–water partition coefficient (Wildman–Crippen LogP) is 4.45. The second-order valence-electron chi connectivity index (χ2n) is 5.58. The molecule has 2 heterocycles. The fourth-order valence-electron chi connectivity index (χ4n) is 2.66. The third-order valence-corrected chi connectivity index (χ3v) is 3.91. The summed E-state index contributed by atoms with van der Waals surface area (Å²) in [7, 11) is 0. The number of hydrogen-bond donors (Lipinski definition) is 1. The maximum atomic E-state index is 13.3. The van der Waals surface area contributed by atoms with E-state index < -0.39 is 0 Å². The highest BCUT2D eigenvalue weighted by molar-refractivity contribution is 5.67. The lowest BCUT2D eigenvalue weighted by atomic mass is 10.1. The quantitative estimate of drug-likeness (QED) is 0.603. The van der Waals surface area contributed by atoms with Crippen LogP contribution in [0.5, 0.6) is 5.75 Å². The Balaban J connectivity index is 1.89. The topological polar surface area (TPSA) is 50.9 Å². The number of imidazole rings is 1. The summed E-state index contributed by atoms with van der Waals surface area (Å²) in [4.78, 5) is 8.77. The summed E-state index contributed by atoms with van der Waals surface area (Å²) in [6, 6.07) is 16.9. The van der Waals surface area contributed by atoms with Crippen molar-refractivity contribution in [3.63, 3.8) is 0 Å². The lowest BCUT2D eigenvalue weighted by molar-refractivity contribution is 0.475. The third kappa shape index (κ3) is 2.99. The number of nitrogens with zero attached hydrogens (tertiary/aromatic N) is 3. The van der Waals surface area contributed by atoms with E-state index in [0.29, 0.717) is 5.82 Å². The van der Waals surface area contributed by atoms with Gasteiger partial charge in [0, 0.05) is 29.7 Å². The van der Waals surface area contributed by atoms with E-state index in [1.54, 1.807) is 36.7 Å². The van der Waals surface area contributed by atoms with E-state index in [-0.39, 0.29) is 11.6 Å². The van der Waals surface area contributed by atoms with Gasteiger partial charge in [-0.25, -0.2) is 9.37 Å². The largest absolute Gasteiger partial charge is 0.508 e. The molecule has 25 heavy (non-hydrogen) atoms. The molecule has 1 N–H and O–H groups in total. The number of rotatable bonds is 3. The number of aromatic nitrogens is 3. The van der Waals surface area contributed by atoms with Crippen molar-refractivity contribution in [1.82, 2.24) is 14.5 Å². The van der Waals surface area contributed by atoms with Gasteiger partial charge in [-0.15, -0.1) is 0 Å². The van der Waals surface area contributed by atoms with Crippen LogP contribution in [0.15, 0.2) is 79.3 Å². The Hall–Kier alpha value is -3.47. The molecule has 4 rings (SSSR count). The van der Waals surface area contributed by atoms with Gasteiger partial charge in [-0.05, 0) is 60.7 Å². The van der Waals surface area contributed by atoms with E-state index in [1.807, 2.05) is 35.0 Å². The molecule has 0 aliphatic rings. The minimum absolute atomic E-state index is 0.205. The van der Waals surface area contributed by atoms with Crippen molar-refractivity contribution >= 4 is 0 Å². The van der Waals surface area contributed by atoms with Crippen molar-refractivity contribution in [1.29, 1.82) is 0 Å². The van der Waals surface area contributed by atoms with Crippen LogP contribution in [0.3, 0.4) is 0 Å². The molecule has 0 amide bonds. The van der Waals surface area contributed by atoms with E-state index in [4.69, 9.17) is 4.98 Å². The number of aromatic hydroxyl groups is 1. The average molecular weight is 331 g/mol. The standard InChI is InChI=1S/C20H14FN3O/c21-16-5-1-15(2-6-16)20-23-19(14-3-7-18(25)8-4-14)13-24(20)17-9-11-22-12-10-17/h1-13,25H. The Labute approximate surface area is 143 Å². The summed E-state index contributed by atoms with van der Waals surface area (Å²) in [5.41, 5.74) is 3.36. The molecule has 5 heteroatoms. The number of benzene rings is 2. The molecular weight excluding hydrogens is 317 g/mol. The van der Waals surface area contributed by atoms with Crippen molar-refractivity contribution < 1.29 is 9.50 Å². The summed E-state index contributed by atoms with van der Waals surface area (Å²) in [6.07, 6.45) is 5.34. The Kier molecular flexibility index (Phi) is 3.74. The van der Waals surface area contributed by atoms with Gasteiger partial charge >= 0.3 is 0 Å². The molecule has 0 unspecified atom stereocenters. The molecule has 4 nitrogen and oxygen atoms in total. The van der Waals surface area contributed by atoms with Gasteiger partial charge in [-0.1, -0.05) is 0 Å². The van der Waals surface area contributed by atoms with Gasteiger partial charge in [0.05, 0.1) is 11.4 Å². The van der Waals surface area contributed by atoms with Crippen molar-refractivity contribution in [3.05, 3.63) is 85.1 Å². The van der Waals surface area contributed by atoms with Crippen LogP contribution in [0.25, 0.3) is 28.3 Å². The van der Waals surface area contributed by atoms with Gasteiger partial charge in [-0.3, -0.25) is 9.55 Å². The molecule has 2 aromatic heterocycles. The summed E-state index contributed by atoms with van der Waals surface area (Å²) in [5.74, 6) is 0.620. The molecule has 0 bridgehead atoms. The zero-order valence-corrected chi connectivity index (χ0v) is 13.2. The molecule has 0 saturated heterocycles. The Morgan fingerprint density at radius 3 is 2.12 bits per heavy atom. The number of hydrogen-bond acceptors (Lipinski definition) is 3. The fraction of sp³-hybridized carbons (Fsp3) is 0. The normalized spacial score (nSPS) is 10.8. The molecule has 0 spiro atoms. The molecule has 0 radical (unpaired) electrons. The first kappa shape index (κ1) is 15.1. The molecule has 0 atom stereocenters. The Bertz CT molecular complexity index is 994. The number of phenolic OH excluding ortho intramolecular Hbond substituents is 1. The van der Waals surface area contributed by atoms with Crippen molar-refractivity contribution in [2.45, 2.75) is 0 Å². The first-order valence-corrected chi connectivity index (χ1v) is 7.76. The smallest absolute Gasteiger partial charge is 0.145 e. The average Bonchev–Trinajstić information content (AvgIpc) is 3.09. The van der Waals surface area contributed by atoms with Crippen LogP contribution >= 0.6 is 0 Å². The molecule has 122 valence electrons. The zero-order chi connectivity index (χ0) is 17.2. The number of pyridine rings is 1. The summed E-state index contributed by atoms with van der Waals surface area (Å²) in [6.45, 7) is 0. The second-order valence-corrected chi connectivity index (χ2v) is 5.58. The summed E-state index contributed by atoms with van der Waals surface area (Å²) in [5, 5.41) is 9.48. The molecule has 0 fully saturated rings. The first-order valence-electron chi connectivity index (χ1n) is 7.76. The van der Waals surface area contributed by atoms with E-state index in [1.165, 1.54) is 12.1 Å². The molecule has 0 aliphatic heterocycles. The van der Waals surface area contributed by atoms with Crippen LogP contribution in [-0.4, -0.2) is 19.6 Å². The minimum atomic E-state index is -0.287. The van der Waals surface area contributed by atoms with Gasteiger partial charge in [0.25, 0.3) is 0 Å². The second kappa shape index (κ2) is 6.20. The minimum Gasteiger partial charge on any atom is -0.508 e. The maximum absolute atomic E-state index is 13.3. The van der Waals surface area contributed by atoms with Gasteiger partial charge in [0.1, 0.15) is 17.4 Å². The Morgan fingerprint density at radius 1 is 0.800 bits per heavy atom.